The normalized spacial score (nSPS) is 10.3. The second-order valence-electron chi connectivity index (χ2n) is 2.69. The van der Waals surface area contributed by atoms with Crippen LogP contribution >= 0.6 is 15.9 Å². The van der Waals surface area contributed by atoms with Gasteiger partial charge in [0.2, 0.25) is 0 Å². The molecule has 72 valence electrons. The molecule has 0 saturated heterocycles. The van der Waals surface area contributed by atoms with Crippen molar-refractivity contribution in [2.24, 2.45) is 0 Å². The predicted octanol–water partition coefficient (Wildman–Crippen LogP) is 1.24. The molecule has 3 N–H and O–H groups in total. The molecule has 3 nitrogen and oxygen atoms in total. The van der Waals surface area contributed by atoms with Crippen LogP contribution in [0.3, 0.4) is 0 Å². The summed E-state index contributed by atoms with van der Waals surface area (Å²) >= 11 is 3.23. The number of phenols is 1. The molecule has 0 unspecified atom stereocenters. The average molecular weight is 246 g/mol. The van der Waals surface area contributed by atoms with Crippen LogP contribution in [0.4, 0.5) is 0 Å². The van der Waals surface area contributed by atoms with Crippen LogP contribution in [-0.4, -0.2) is 23.4 Å². The number of hydrogen-bond donors (Lipinski definition) is 3. The van der Waals surface area contributed by atoms with E-state index in [1.165, 1.54) is 0 Å². The van der Waals surface area contributed by atoms with Crippen LogP contribution in [0, 0.1) is 0 Å². The number of benzene rings is 1. The van der Waals surface area contributed by atoms with Gasteiger partial charge in [0, 0.05) is 13.1 Å². The van der Waals surface area contributed by atoms with Gasteiger partial charge in [-0.25, -0.2) is 0 Å². The van der Waals surface area contributed by atoms with Crippen molar-refractivity contribution in [3.05, 3.63) is 28.2 Å². The maximum Gasteiger partial charge on any atom is 0.129 e. The molecule has 0 radical (unpaired) electrons. The first-order valence-corrected chi connectivity index (χ1v) is 4.82. The Morgan fingerprint density at radius 1 is 1.38 bits per heavy atom. The van der Waals surface area contributed by atoms with Crippen molar-refractivity contribution in [1.29, 1.82) is 0 Å². The van der Waals surface area contributed by atoms with E-state index in [0.29, 0.717) is 17.6 Å². The number of phenolic OH excluding ortho intramolecular Hbond substituents is 1. The fourth-order valence-corrected chi connectivity index (χ4v) is 1.40. The Labute approximate surface area is 85.5 Å². The Morgan fingerprint density at radius 2 is 2.15 bits per heavy atom. The molecule has 1 aromatic rings. The van der Waals surface area contributed by atoms with Crippen LogP contribution < -0.4 is 5.32 Å². The van der Waals surface area contributed by atoms with Crippen molar-refractivity contribution in [1.82, 2.24) is 5.32 Å². The van der Waals surface area contributed by atoms with E-state index in [4.69, 9.17) is 5.11 Å². The van der Waals surface area contributed by atoms with E-state index in [0.717, 1.165) is 5.56 Å². The minimum atomic E-state index is 0.138. The smallest absolute Gasteiger partial charge is 0.129 e. The summed E-state index contributed by atoms with van der Waals surface area (Å²) in [6, 6.07) is 5.32. The quantitative estimate of drug-likeness (QED) is 0.700. The van der Waals surface area contributed by atoms with Crippen molar-refractivity contribution in [3.63, 3.8) is 0 Å². The average Bonchev–Trinajstić information content (AvgIpc) is 2.12. The minimum absolute atomic E-state index is 0.138. The van der Waals surface area contributed by atoms with Crippen molar-refractivity contribution < 1.29 is 10.2 Å². The Kier molecular flexibility index (Phi) is 4.21. The summed E-state index contributed by atoms with van der Waals surface area (Å²) in [7, 11) is 0. The van der Waals surface area contributed by atoms with E-state index in [-0.39, 0.29) is 12.4 Å². The van der Waals surface area contributed by atoms with Gasteiger partial charge in [0.1, 0.15) is 5.75 Å². The molecular formula is C9H12BrNO2. The molecule has 1 aromatic carbocycles. The van der Waals surface area contributed by atoms with Crippen LogP contribution in [-0.2, 0) is 6.54 Å². The maximum absolute atomic E-state index is 9.21. The summed E-state index contributed by atoms with van der Waals surface area (Å²) in [6.07, 6.45) is 0. The van der Waals surface area contributed by atoms with E-state index < -0.39 is 0 Å². The van der Waals surface area contributed by atoms with Crippen LogP contribution in [0.5, 0.6) is 5.75 Å². The van der Waals surface area contributed by atoms with E-state index >= 15 is 0 Å². The van der Waals surface area contributed by atoms with Gasteiger partial charge in [-0.2, -0.15) is 0 Å². The van der Waals surface area contributed by atoms with E-state index in [2.05, 4.69) is 21.2 Å². The number of aliphatic hydroxyl groups excluding tert-OH is 1. The second-order valence-corrected chi connectivity index (χ2v) is 3.54. The molecule has 0 aromatic heterocycles. The van der Waals surface area contributed by atoms with Gasteiger partial charge in [0.05, 0.1) is 11.1 Å². The lowest BCUT2D eigenvalue weighted by molar-refractivity contribution is 0.292. The highest BCUT2D eigenvalue weighted by atomic mass is 79.9. The fourth-order valence-electron chi connectivity index (χ4n) is 0.972. The summed E-state index contributed by atoms with van der Waals surface area (Å²) in [6.45, 7) is 1.41. The van der Waals surface area contributed by atoms with Gasteiger partial charge in [0.25, 0.3) is 0 Å². The van der Waals surface area contributed by atoms with Gasteiger partial charge in [-0.3, -0.25) is 0 Å². The summed E-state index contributed by atoms with van der Waals surface area (Å²) in [5.74, 6) is 0.242. The van der Waals surface area contributed by atoms with Crippen molar-refractivity contribution in [3.8, 4) is 5.75 Å². The molecule has 0 spiro atoms. The number of aromatic hydroxyl groups is 1. The number of rotatable bonds is 4. The van der Waals surface area contributed by atoms with Gasteiger partial charge in [-0.15, -0.1) is 0 Å². The van der Waals surface area contributed by atoms with Gasteiger partial charge in [-0.1, -0.05) is 6.07 Å². The molecule has 0 aliphatic heterocycles. The van der Waals surface area contributed by atoms with Crippen LogP contribution in [0.2, 0.25) is 0 Å². The zero-order chi connectivity index (χ0) is 9.68. The SMILES string of the molecule is OCCNCc1ccc(O)c(Br)c1. The zero-order valence-electron chi connectivity index (χ0n) is 7.13. The third-order valence-electron chi connectivity index (χ3n) is 1.63. The number of nitrogens with one attached hydrogen (secondary N) is 1. The topological polar surface area (TPSA) is 52.5 Å². The third kappa shape index (κ3) is 3.34. The lowest BCUT2D eigenvalue weighted by Gasteiger charge is -2.04. The third-order valence-corrected chi connectivity index (χ3v) is 2.26. The highest BCUT2D eigenvalue weighted by Crippen LogP contribution is 2.23. The first-order chi connectivity index (χ1) is 6.24. The predicted molar refractivity (Wildman–Crippen MR) is 54.6 cm³/mol. The van der Waals surface area contributed by atoms with E-state index in [1.54, 1.807) is 6.07 Å². The van der Waals surface area contributed by atoms with Crippen LogP contribution in [0.15, 0.2) is 22.7 Å². The van der Waals surface area contributed by atoms with Gasteiger partial charge < -0.3 is 15.5 Å². The first kappa shape index (κ1) is 10.5. The Morgan fingerprint density at radius 3 is 2.77 bits per heavy atom. The first-order valence-electron chi connectivity index (χ1n) is 4.03. The van der Waals surface area contributed by atoms with Crippen molar-refractivity contribution in [2.75, 3.05) is 13.2 Å². The van der Waals surface area contributed by atoms with Gasteiger partial charge in [0.15, 0.2) is 0 Å². The molecule has 0 aliphatic carbocycles. The highest BCUT2D eigenvalue weighted by molar-refractivity contribution is 9.10. The lowest BCUT2D eigenvalue weighted by Crippen LogP contribution is -2.17. The molecule has 13 heavy (non-hydrogen) atoms. The fraction of sp³-hybridized carbons (Fsp3) is 0.333. The monoisotopic (exact) mass is 245 g/mol. The minimum Gasteiger partial charge on any atom is -0.507 e. The highest BCUT2D eigenvalue weighted by Gasteiger charge is 1.98. The summed E-state index contributed by atoms with van der Waals surface area (Å²) in [5.41, 5.74) is 1.07. The molecule has 0 heterocycles. The van der Waals surface area contributed by atoms with Crippen molar-refractivity contribution >= 4 is 15.9 Å². The van der Waals surface area contributed by atoms with Gasteiger partial charge >= 0.3 is 0 Å². The lowest BCUT2D eigenvalue weighted by atomic mass is 10.2. The molecule has 0 fully saturated rings. The number of hydrogen-bond acceptors (Lipinski definition) is 3. The van der Waals surface area contributed by atoms with Crippen molar-refractivity contribution in [2.45, 2.75) is 6.54 Å². The molecular weight excluding hydrogens is 234 g/mol. The largest absolute Gasteiger partial charge is 0.507 e. The molecule has 0 amide bonds. The van der Waals surface area contributed by atoms with Crippen LogP contribution in [0.1, 0.15) is 5.56 Å². The number of halogens is 1. The summed E-state index contributed by atoms with van der Waals surface area (Å²) < 4.78 is 0.691. The van der Waals surface area contributed by atoms with E-state index in [1.807, 2.05) is 12.1 Å². The molecule has 1 rings (SSSR count). The summed E-state index contributed by atoms with van der Waals surface area (Å²) in [4.78, 5) is 0. The zero-order valence-corrected chi connectivity index (χ0v) is 8.71. The second kappa shape index (κ2) is 5.21. The standard InChI is InChI=1S/C9H12BrNO2/c10-8-5-7(1-2-9(8)13)6-11-3-4-12/h1-2,5,11-13H,3-4,6H2. The summed E-state index contributed by atoms with van der Waals surface area (Å²) in [5, 5.41) is 20.8. The molecule has 0 bridgehead atoms. The Bertz CT molecular complexity index is 278. The Hall–Kier alpha value is -0.580. The maximum atomic E-state index is 9.21. The molecule has 0 aliphatic rings. The van der Waals surface area contributed by atoms with E-state index in [9.17, 15) is 5.11 Å². The van der Waals surface area contributed by atoms with Crippen LogP contribution in [0.25, 0.3) is 0 Å². The number of aliphatic hydroxyl groups is 1. The molecule has 0 saturated carbocycles. The molecule has 4 heteroatoms. The van der Waals surface area contributed by atoms with Gasteiger partial charge in [-0.05, 0) is 33.6 Å². The Balaban J connectivity index is 2.53. The molecule has 0 atom stereocenters.